The van der Waals surface area contributed by atoms with E-state index in [-0.39, 0.29) is 18.1 Å². The smallest absolute Gasteiger partial charge is 0.339 e. The standard InChI is InChI=1S/C23H17ClN2O4S/c24-14-6-4-13(5-7-14)19-12-31-23(25-19)26-21(27)11-29-15-8-9-17-16-2-1-3-18(16)22(28)30-20(17)10-15/h4-10,12H,1-3,11H2,(H,25,26,27). The zero-order valence-electron chi connectivity index (χ0n) is 16.3. The second kappa shape index (κ2) is 8.17. The summed E-state index contributed by atoms with van der Waals surface area (Å²) in [7, 11) is 0. The first-order chi connectivity index (χ1) is 15.1. The molecule has 2 heterocycles. The highest BCUT2D eigenvalue weighted by Gasteiger charge is 2.19. The summed E-state index contributed by atoms with van der Waals surface area (Å²) in [5.41, 5.74) is 3.72. The van der Waals surface area contributed by atoms with Crippen LogP contribution in [0.25, 0.3) is 22.2 Å². The van der Waals surface area contributed by atoms with Gasteiger partial charge >= 0.3 is 5.63 Å². The van der Waals surface area contributed by atoms with Crippen LogP contribution in [-0.4, -0.2) is 17.5 Å². The topological polar surface area (TPSA) is 81.4 Å². The van der Waals surface area contributed by atoms with Gasteiger partial charge in [-0.15, -0.1) is 11.3 Å². The van der Waals surface area contributed by atoms with E-state index in [2.05, 4.69) is 10.3 Å². The molecule has 0 saturated heterocycles. The molecule has 2 aromatic heterocycles. The van der Waals surface area contributed by atoms with E-state index >= 15 is 0 Å². The molecule has 0 atom stereocenters. The van der Waals surface area contributed by atoms with Crippen LogP contribution in [0.2, 0.25) is 5.02 Å². The first kappa shape index (κ1) is 19.8. The minimum Gasteiger partial charge on any atom is -0.484 e. The SMILES string of the molecule is O=C(COc1ccc2c3c(c(=O)oc2c1)CCC3)Nc1nc(-c2ccc(Cl)cc2)cs1. The average Bonchev–Trinajstić information content (AvgIpc) is 3.43. The van der Waals surface area contributed by atoms with Crippen LogP contribution in [-0.2, 0) is 17.6 Å². The second-order valence-electron chi connectivity index (χ2n) is 7.24. The molecule has 6 nitrogen and oxygen atoms in total. The Balaban J connectivity index is 1.25. The Morgan fingerprint density at radius 3 is 2.81 bits per heavy atom. The van der Waals surface area contributed by atoms with Crippen LogP contribution in [0.3, 0.4) is 0 Å². The first-order valence-electron chi connectivity index (χ1n) is 9.79. The van der Waals surface area contributed by atoms with Crippen LogP contribution in [0.15, 0.2) is 57.1 Å². The lowest BCUT2D eigenvalue weighted by Crippen LogP contribution is -2.20. The van der Waals surface area contributed by atoms with E-state index in [1.54, 1.807) is 24.3 Å². The highest BCUT2D eigenvalue weighted by atomic mass is 35.5. The summed E-state index contributed by atoms with van der Waals surface area (Å²) >= 11 is 7.25. The Labute approximate surface area is 186 Å². The highest BCUT2D eigenvalue weighted by molar-refractivity contribution is 7.14. The van der Waals surface area contributed by atoms with Crippen molar-refractivity contribution in [2.45, 2.75) is 19.3 Å². The predicted octanol–water partition coefficient (Wildman–Crippen LogP) is 5.08. The number of nitrogens with one attached hydrogen (secondary N) is 1. The number of carbonyl (C=O) groups is 1. The van der Waals surface area contributed by atoms with Gasteiger partial charge in [0.25, 0.3) is 5.91 Å². The largest absolute Gasteiger partial charge is 0.484 e. The number of ether oxygens (including phenoxy) is 1. The number of halogens is 1. The Kier molecular flexibility index (Phi) is 5.21. The van der Waals surface area contributed by atoms with E-state index in [1.807, 2.05) is 23.6 Å². The van der Waals surface area contributed by atoms with Crippen molar-refractivity contribution < 1.29 is 13.9 Å². The van der Waals surface area contributed by atoms with Crippen LogP contribution in [0.4, 0.5) is 5.13 Å². The Morgan fingerprint density at radius 1 is 1.16 bits per heavy atom. The molecule has 0 radical (unpaired) electrons. The van der Waals surface area contributed by atoms with E-state index in [1.165, 1.54) is 11.3 Å². The summed E-state index contributed by atoms with van der Waals surface area (Å²) < 4.78 is 11.0. The number of fused-ring (bicyclic) bond motifs is 3. The van der Waals surface area contributed by atoms with Crippen molar-refractivity contribution in [1.82, 2.24) is 4.98 Å². The Hall–Kier alpha value is -3.16. The Bertz CT molecular complexity index is 1340. The molecule has 1 amide bonds. The molecule has 0 unspecified atom stereocenters. The maximum absolute atomic E-state index is 12.3. The number of aryl methyl sites for hydroxylation is 1. The molecule has 4 aromatic rings. The van der Waals surface area contributed by atoms with Gasteiger partial charge in [0.15, 0.2) is 11.7 Å². The van der Waals surface area contributed by atoms with Gasteiger partial charge in [0, 0.05) is 33.0 Å². The lowest BCUT2D eigenvalue weighted by Gasteiger charge is -2.08. The van der Waals surface area contributed by atoms with E-state index in [0.29, 0.717) is 21.5 Å². The molecule has 31 heavy (non-hydrogen) atoms. The quantitative estimate of drug-likeness (QED) is 0.427. The average molecular weight is 453 g/mol. The van der Waals surface area contributed by atoms with Crippen molar-refractivity contribution in [2.24, 2.45) is 0 Å². The zero-order valence-corrected chi connectivity index (χ0v) is 17.9. The fourth-order valence-electron chi connectivity index (χ4n) is 3.74. The predicted molar refractivity (Wildman–Crippen MR) is 121 cm³/mol. The van der Waals surface area contributed by atoms with Gasteiger partial charge in [-0.1, -0.05) is 23.7 Å². The number of hydrogen-bond acceptors (Lipinski definition) is 6. The minimum atomic E-state index is -0.326. The number of amides is 1. The van der Waals surface area contributed by atoms with Gasteiger partial charge in [-0.25, -0.2) is 9.78 Å². The normalized spacial score (nSPS) is 12.7. The van der Waals surface area contributed by atoms with Crippen LogP contribution in [0.5, 0.6) is 5.75 Å². The summed E-state index contributed by atoms with van der Waals surface area (Å²) in [6, 6.07) is 12.7. The molecule has 5 rings (SSSR count). The molecule has 0 spiro atoms. The third-order valence-corrected chi connectivity index (χ3v) is 6.22. The summed E-state index contributed by atoms with van der Waals surface area (Å²) in [6.07, 6.45) is 2.61. The van der Waals surface area contributed by atoms with Gasteiger partial charge in [-0.2, -0.15) is 0 Å². The van der Waals surface area contributed by atoms with Crippen molar-refractivity contribution >= 4 is 44.9 Å². The molecule has 156 valence electrons. The molecular weight excluding hydrogens is 436 g/mol. The monoisotopic (exact) mass is 452 g/mol. The van der Waals surface area contributed by atoms with Gasteiger partial charge in [0.2, 0.25) is 0 Å². The molecule has 1 N–H and O–H groups in total. The summed E-state index contributed by atoms with van der Waals surface area (Å²) in [4.78, 5) is 28.9. The highest BCUT2D eigenvalue weighted by Crippen LogP contribution is 2.30. The Morgan fingerprint density at radius 2 is 1.97 bits per heavy atom. The van der Waals surface area contributed by atoms with Gasteiger partial charge < -0.3 is 9.15 Å². The maximum Gasteiger partial charge on any atom is 0.339 e. The van der Waals surface area contributed by atoms with Crippen molar-refractivity contribution in [3.63, 3.8) is 0 Å². The number of benzene rings is 2. The number of anilines is 1. The molecule has 8 heteroatoms. The molecular formula is C23H17ClN2O4S. The third kappa shape index (κ3) is 4.06. The lowest BCUT2D eigenvalue weighted by atomic mass is 10.1. The number of thiazole rings is 1. The lowest BCUT2D eigenvalue weighted by molar-refractivity contribution is -0.118. The number of hydrogen-bond donors (Lipinski definition) is 1. The zero-order chi connectivity index (χ0) is 21.4. The number of carbonyl (C=O) groups excluding carboxylic acids is 1. The van der Waals surface area contributed by atoms with Crippen molar-refractivity contribution in [1.29, 1.82) is 0 Å². The summed E-state index contributed by atoms with van der Waals surface area (Å²) in [5, 5.41) is 6.67. The van der Waals surface area contributed by atoms with E-state index < -0.39 is 0 Å². The molecule has 2 aromatic carbocycles. The molecule has 0 fully saturated rings. The van der Waals surface area contributed by atoms with Gasteiger partial charge in [0.1, 0.15) is 11.3 Å². The van der Waals surface area contributed by atoms with Crippen LogP contribution in [0.1, 0.15) is 17.5 Å². The molecule has 1 aliphatic carbocycles. The molecule has 0 bridgehead atoms. The van der Waals surface area contributed by atoms with Gasteiger partial charge in [0.05, 0.1) is 5.69 Å². The fourth-order valence-corrected chi connectivity index (χ4v) is 4.60. The van der Waals surface area contributed by atoms with E-state index in [9.17, 15) is 9.59 Å². The first-order valence-corrected chi connectivity index (χ1v) is 11.1. The molecule has 0 aliphatic heterocycles. The van der Waals surface area contributed by atoms with Crippen LogP contribution >= 0.6 is 22.9 Å². The summed E-state index contributed by atoms with van der Waals surface area (Å²) in [6.45, 7) is -0.184. The van der Waals surface area contributed by atoms with Gasteiger partial charge in [-0.05, 0) is 49.1 Å². The number of aromatic nitrogens is 1. The van der Waals surface area contributed by atoms with Crippen molar-refractivity contribution in [3.8, 4) is 17.0 Å². The number of rotatable bonds is 5. The van der Waals surface area contributed by atoms with Crippen LogP contribution < -0.4 is 15.7 Å². The summed E-state index contributed by atoms with van der Waals surface area (Å²) in [5.74, 6) is 0.136. The van der Waals surface area contributed by atoms with Gasteiger partial charge in [-0.3, -0.25) is 10.1 Å². The van der Waals surface area contributed by atoms with Crippen molar-refractivity contribution in [2.75, 3.05) is 11.9 Å². The maximum atomic E-state index is 12.3. The van der Waals surface area contributed by atoms with Crippen LogP contribution in [0, 0.1) is 0 Å². The molecule has 1 aliphatic rings. The minimum absolute atomic E-state index is 0.184. The van der Waals surface area contributed by atoms with E-state index in [0.717, 1.165) is 47.0 Å². The number of nitrogens with zero attached hydrogens (tertiary/aromatic N) is 1. The second-order valence-corrected chi connectivity index (χ2v) is 8.53. The van der Waals surface area contributed by atoms with Crippen molar-refractivity contribution in [3.05, 3.63) is 74.4 Å². The molecule has 0 saturated carbocycles. The third-order valence-electron chi connectivity index (χ3n) is 5.21. The van der Waals surface area contributed by atoms with E-state index in [4.69, 9.17) is 20.8 Å². The fraction of sp³-hybridized carbons (Fsp3) is 0.174.